The van der Waals surface area contributed by atoms with Crippen molar-refractivity contribution in [2.75, 3.05) is 25.7 Å². The molecule has 0 aromatic heterocycles. The first-order valence-corrected chi connectivity index (χ1v) is 11.8. The number of ketones is 1. The fourth-order valence-corrected chi connectivity index (χ4v) is 4.46. The Morgan fingerprint density at radius 2 is 1.72 bits per heavy atom. The molecule has 8 heteroatoms. The number of nitrogens with zero attached hydrogens (tertiary/aromatic N) is 1. The van der Waals surface area contributed by atoms with E-state index in [0.717, 1.165) is 6.42 Å². The van der Waals surface area contributed by atoms with Gasteiger partial charge in [-0.1, -0.05) is 42.8 Å². The molecular weight excluding hydrogens is 482 g/mol. The number of carbonyl (C=O) groups is 2. The Bertz CT molecular complexity index is 1340. The lowest BCUT2D eigenvalue weighted by Gasteiger charge is -2.27. The molecule has 7 nitrogen and oxygen atoms in total. The molecule has 1 N–H and O–H groups in total. The minimum atomic E-state index is -0.955. The lowest BCUT2D eigenvalue weighted by Crippen LogP contribution is -2.29. The van der Waals surface area contributed by atoms with Gasteiger partial charge in [-0.05, 0) is 42.8 Å². The summed E-state index contributed by atoms with van der Waals surface area (Å²) in [6, 6.07) is 17.7. The van der Waals surface area contributed by atoms with E-state index in [-0.39, 0.29) is 21.9 Å². The van der Waals surface area contributed by atoms with Crippen LogP contribution in [0.2, 0.25) is 5.02 Å². The maximum atomic E-state index is 13.4. The van der Waals surface area contributed by atoms with Gasteiger partial charge in [0.25, 0.3) is 11.7 Å². The number of methoxy groups -OCH3 is 2. The van der Waals surface area contributed by atoms with Gasteiger partial charge in [0, 0.05) is 22.9 Å². The van der Waals surface area contributed by atoms with Crippen molar-refractivity contribution in [1.29, 1.82) is 0 Å². The standard InChI is InChI=1S/C28H26ClNO6/c1-4-14-36-19-9-7-8-18(16-19)30-25(20-10-5-6-11-22(20)34-2)24(27(32)28(30)33)26(31)17-12-13-23(35-3)21(29)15-17/h5-13,15-16,25,31H,4,14H2,1-3H3/b26-24+. The summed E-state index contributed by atoms with van der Waals surface area (Å²) in [6.07, 6.45) is 0.820. The number of anilines is 1. The van der Waals surface area contributed by atoms with Gasteiger partial charge in [0.1, 0.15) is 23.0 Å². The van der Waals surface area contributed by atoms with Crippen LogP contribution in [0.4, 0.5) is 5.69 Å². The molecular formula is C28H26ClNO6. The molecule has 1 fully saturated rings. The highest BCUT2D eigenvalue weighted by Crippen LogP contribution is 2.45. The van der Waals surface area contributed by atoms with Crippen molar-refractivity contribution in [1.82, 2.24) is 0 Å². The lowest BCUT2D eigenvalue weighted by atomic mass is 9.94. The first-order valence-electron chi connectivity index (χ1n) is 11.4. The SMILES string of the molecule is CCCOc1cccc(N2C(=O)C(=O)/C(=C(/O)c3ccc(OC)c(Cl)c3)C2c2ccccc2OC)c1. The van der Waals surface area contributed by atoms with E-state index in [1.165, 1.54) is 25.2 Å². The summed E-state index contributed by atoms with van der Waals surface area (Å²) in [6.45, 7) is 2.51. The number of carbonyl (C=O) groups excluding carboxylic acids is 2. The van der Waals surface area contributed by atoms with Crippen LogP contribution in [0.3, 0.4) is 0 Å². The van der Waals surface area contributed by atoms with E-state index in [0.29, 0.717) is 35.1 Å². The van der Waals surface area contributed by atoms with Crippen LogP contribution >= 0.6 is 11.6 Å². The van der Waals surface area contributed by atoms with Gasteiger partial charge in [0.15, 0.2) is 0 Å². The predicted molar refractivity (Wildman–Crippen MR) is 138 cm³/mol. The normalized spacial score (nSPS) is 16.8. The van der Waals surface area contributed by atoms with Gasteiger partial charge in [-0.25, -0.2) is 0 Å². The molecule has 1 aliphatic heterocycles. The summed E-state index contributed by atoms with van der Waals surface area (Å²) in [7, 11) is 2.99. The van der Waals surface area contributed by atoms with E-state index < -0.39 is 17.7 Å². The summed E-state index contributed by atoms with van der Waals surface area (Å²) in [4.78, 5) is 28.2. The Kier molecular flexibility index (Phi) is 7.50. The predicted octanol–water partition coefficient (Wildman–Crippen LogP) is 5.77. The van der Waals surface area contributed by atoms with Crippen molar-refractivity contribution in [2.45, 2.75) is 19.4 Å². The van der Waals surface area contributed by atoms with Crippen LogP contribution in [0, 0.1) is 0 Å². The number of para-hydroxylation sites is 1. The zero-order chi connectivity index (χ0) is 25.8. The maximum absolute atomic E-state index is 13.4. The average Bonchev–Trinajstić information content (AvgIpc) is 3.17. The van der Waals surface area contributed by atoms with Crippen LogP contribution in [0.15, 0.2) is 72.3 Å². The minimum Gasteiger partial charge on any atom is -0.507 e. The van der Waals surface area contributed by atoms with E-state index in [9.17, 15) is 14.7 Å². The van der Waals surface area contributed by atoms with Crippen molar-refractivity contribution in [3.05, 3.63) is 88.5 Å². The van der Waals surface area contributed by atoms with Crippen LogP contribution in [0.1, 0.15) is 30.5 Å². The van der Waals surface area contributed by atoms with E-state index in [4.69, 9.17) is 25.8 Å². The molecule has 1 amide bonds. The topological polar surface area (TPSA) is 85.3 Å². The second-order valence-electron chi connectivity index (χ2n) is 8.11. The highest BCUT2D eigenvalue weighted by molar-refractivity contribution is 6.51. The van der Waals surface area contributed by atoms with Crippen molar-refractivity contribution in [3.63, 3.8) is 0 Å². The number of hydrogen-bond donors (Lipinski definition) is 1. The first-order chi connectivity index (χ1) is 17.4. The van der Waals surface area contributed by atoms with Gasteiger partial charge in [-0.15, -0.1) is 0 Å². The summed E-state index contributed by atoms with van der Waals surface area (Å²) < 4.78 is 16.5. The van der Waals surface area contributed by atoms with E-state index in [2.05, 4.69) is 0 Å². The Morgan fingerprint density at radius 3 is 2.42 bits per heavy atom. The van der Waals surface area contributed by atoms with Crippen molar-refractivity contribution < 1.29 is 28.9 Å². The fraction of sp³-hybridized carbons (Fsp3) is 0.214. The summed E-state index contributed by atoms with van der Waals surface area (Å²) >= 11 is 6.28. The molecule has 0 bridgehead atoms. The number of ether oxygens (including phenoxy) is 3. The zero-order valence-corrected chi connectivity index (χ0v) is 20.9. The number of aliphatic hydroxyl groups excluding tert-OH is 1. The largest absolute Gasteiger partial charge is 0.507 e. The zero-order valence-electron chi connectivity index (χ0n) is 20.2. The quantitative estimate of drug-likeness (QED) is 0.236. The summed E-state index contributed by atoms with van der Waals surface area (Å²) in [5, 5.41) is 11.6. The molecule has 186 valence electrons. The molecule has 3 aromatic rings. The van der Waals surface area contributed by atoms with Crippen LogP contribution in [-0.4, -0.2) is 37.6 Å². The lowest BCUT2D eigenvalue weighted by molar-refractivity contribution is -0.132. The fourth-order valence-electron chi connectivity index (χ4n) is 4.20. The average molecular weight is 508 g/mol. The molecule has 1 atom stereocenters. The number of amides is 1. The smallest absolute Gasteiger partial charge is 0.300 e. The number of Topliss-reactive ketones (excluding diaryl/α,β-unsaturated/α-hetero) is 1. The number of hydrogen-bond acceptors (Lipinski definition) is 6. The van der Waals surface area contributed by atoms with Gasteiger partial charge in [-0.2, -0.15) is 0 Å². The molecule has 1 unspecified atom stereocenters. The third-order valence-corrected chi connectivity index (χ3v) is 6.17. The Labute approximate surface area is 214 Å². The molecule has 3 aromatic carbocycles. The molecule has 4 rings (SSSR count). The second kappa shape index (κ2) is 10.7. The summed E-state index contributed by atoms with van der Waals surface area (Å²) in [5.74, 6) is -0.508. The van der Waals surface area contributed by atoms with E-state index in [1.807, 2.05) is 6.92 Å². The van der Waals surface area contributed by atoms with Crippen LogP contribution in [0.25, 0.3) is 5.76 Å². The third kappa shape index (κ3) is 4.62. The molecule has 36 heavy (non-hydrogen) atoms. The third-order valence-electron chi connectivity index (χ3n) is 5.87. The molecule has 1 saturated heterocycles. The van der Waals surface area contributed by atoms with Crippen LogP contribution in [-0.2, 0) is 9.59 Å². The maximum Gasteiger partial charge on any atom is 0.300 e. The highest BCUT2D eigenvalue weighted by Gasteiger charge is 2.48. The Balaban J connectivity index is 1.93. The van der Waals surface area contributed by atoms with Crippen LogP contribution < -0.4 is 19.1 Å². The highest BCUT2D eigenvalue weighted by atomic mass is 35.5. The van der Waals surface area contributed by atoms with Crippen molar-refractivity contribution in [2.24, 2.45) is 0 Å². The monoisotopic (exact) mass is 507 g/mol. The number of aliphatic hydroxyl groups is 1. The molecule has 1 aliphatic rings. The molecule has 0 radical (unpaired) electrons. The molecule has 0 saturated carbocycles. The van der Waals surface area contributed by atoms with Crippen molar-refractivity contribution in [3.8, 4) is 17.2 Å². The molecule has 1 heterocycles. The van der Waals surface area contributed by atoms with Gasteiger partial charge in [0.2, 0.25) is 0 Å². The van der Waals surface area contributed by atoms with E-state index >= 15 is 0 Å². The van der Waals surface area contributed by atoms with Crippen LogP contribution in [0.5, 0.6) is 17.2 Å². The minimum absolute atomic E-state index is 0.0781. The second-order valence-corrected chi connectivity index (χ2v) is 8.51. The van der Waals surface area contributed by atoms with Crippen molar-refractivity contribution >= 4 is 34.7 Å². The van der Waals surface area contributed by atoms with Gasteiger partial charge < -0.3 is 19.3 Å². The number of rotatable bonds is 8. The molecule has 0 spiro atoms. The molecule has 0 aliphatic carbocycles. The van der Waals surface area contributed by atoms with E-state index in [1.54, 1.807) is 60.7 Å². The van der Waals surface area contributed by atoms with Gasteiger partial charge in [-0.3, -0.25) is 14.5 Å². The Hall–Kier alpha value is -3.97. The van der Waals surface area contributed by atoms with Gasteiger partial charge in [0.05, 0.1) is 37.5 Å². The van der Waals surface area contributed by atoms with Gasteiger partial charge >= 0.3 is 0 Å². The first kappa shape index (κ1) is 25.1. The number of benzene rings is 3. The Morgan fingerprint density at radius 1 is 0.972 bits per heavy atom. The summed E-state index contributed by atoms with van der Waals surface area (Å²) in [5.41, 5.74) is 1.19. The number of halogens is 1.